The summed E-state index contributed by atoms with van der Waals surface area (Å²) in [4.78, 5) is 12.0. The summed E-state index contributed by atoms with van der Waals surface area (Å²) in [6, 6.07) is 15.4. The summed E-state index contributed by atoms with van der Waals surface area (Å²) in [5.41, 5.74) is 2.19. The Morgan fingerprint density at radius 1 is 1.00 bits per heavy atom. The molecule has 5 nitrogen and oxygen atoms in total. The van der Waals surface area contributed by atoms with E-state index in [2.05, 4.69) is 25.2 Å². The Balaban J connectivity index is 1.74. The Morgan fingerprint density at radius 2 is 1.77 bits per heavy atom. The summed E-state index contributed by atoms with van der Waals surface area (Å²) in [5, 5.41) is 2.85. The molecule has 2 aromatic carbocycles. The quantitative estimate of drug-likeness (QED) is 0.661. The summed E-state index contributed by atoms with van der Waals surface area (Å²) in [6.45, 7) is 5.77. The van der Waals surface area contributed by atoms with Crippen LogP contribution in [0.5, 0.6) is 11.5 Å². The number of benzene rings is 2. The number of carbonyl (C=O) groups is 1. The van der Waals surface area contributed by atoms with Crippen LogP contribution < -0.4 is 14.8 Å². The molecule has 0 aromatic heterocycles. The number of carbonyl (C=O) groups excluding carboxylic acids is 1. The molecular weight excluding hydrogens is 330 g/mol. The minimum absolute atomic E-state index is 0.000237. The lowest BCUT2D eigenvalue weighted by Gasteiger charge is -2.11. The van der Waals surface area contributed by atoms with E-state index in [0.717, 1.165) is 11.3 Å². The Labute approximate surface area is 155 Å². The van der Waals surface area contributed by atoms with Crippen molar-refractivity contribution < 1.29 is 19.0 Å². The maximum Gasteiger partial charge on any atom is 0.258 e. The molecule has 26 heavy (non-hydrogen) atoms. The molecule has 1 N–H and O–H groups in total. The van der Waals surface area contributed by atoms with Gasteiger partial charge in [0.25, 0.3) is 5.91 Å². The zero-order valence-electron chi connectivity index (χ0n) is 15.7. The summed E-state index contributed by atoms with van der Waals surface area (Å²) >= 11 is 0. The molecule has 5 heteroatoms. The van der Waals surface area contributed by atoms with E-state index in [1.807, 2.05) is 42.5 Å². The van der Waals surface area contributed by atoms with Gasteiger partial charge >= 0.3 is 0 Å². The predicted molar refractivity (Wildman–Crippen MR) is 102 cm³/mol. The molecule has 0 aliphatic rings. The molecule has 140 valence electrons. The monoisotopic (exact) mass is 357 g/mol. The standard InChI is InChI=1S/C21H27NO4/c1-16(2)18-5-4-6-20(13-18)26-15-21(23)22-14-17-7-9-19(10-8-17)25-12-11-24-3/h4-10,13,16H,11-12,14-15H2,1-3H3,(H,22,23). The van der Waals surface area contributed by atoms with Crippen LogP contribution in [-0.2, 0) is 16.1 Å². The predicted octanol–water partition coefficient (Wildman–Crippen LogP) is 3.53. The molecule has 0 radical (unpaired) electrons. The number of hydrogen-bond donors (Lipinski definition) is 1. The lowest BCUT2D eigenvalue weighted by atomic mass is 10.0. The van der Waals surface area contributed by atoms with Gasteiger partial charge in [0.05, 0.1) is 6.61 Å². The van der Waals surface area contributed by atoms with E-state index < -0.39 is 0 Å². The third kappa shape index (κ3) is 6.76. The Bertz CT molecular complexity index is 683. The molecule has 0 aliphatic carbocycles. The van der Waals surface area contributed by atoms with Crippen molar-refractivity contribution in [2.45, 2.75) is 26.3 Å². The first-order chi connectivity index (χ1) is 12.6. The molecule has 2 aromatic rings. The van der Waals surface area contributed by atoms with E-state index in [-0.39, 0.29) is 12.5 Å². The Morgan fingerprint density at radius 3 is 2.46 bits per heavy atom. The summed E-state index contributed by atoms with van der Waals surface area (Å²) < 4.78 is 16.0. The number of rotatable bonds is 10. The van der Waals surface area contributed by atoms with Crippen molar-refractivity contribution in [3.05, 3.63) is 59.7 Å². The fourth-order valence-electron chi connectivity index (χ4n) is 2.31. The van der Waals surface area contributed by atoms with Gasteiger partial charge in [0.2, 0.25) is 0 Å². The number of nitrogens with one attached hydrogen (secondary N) is 1. The van der Waals surface area contributed by atoms with Crippen molar-refractivity contribution in [3.63, 3.8) is 0 Å². The van der Waals surface area contributed by atoms with Crippen molar-refractivity contribution >= 4 is 5.91 Å². The van der Waals surface area contributed by atoms with Gasteiger partial charge in [-0.1, -0.05) is 38.1 Å². The van der Waals surface area contributed by atoms with Gasteiger partial charge in [0.15, 0.2) is 6.61 Å². The summed E-state index contributed by atoms with van der Waals surface area (Å²) in [5.74, 6) is 1.77. The third-order valence-corrected chi connectivity index (χ3v) is 3.86. The van der Waals surface area contributed by atoms with Crippen molar-refractivity contribution in [1.29, 1.82) is 0 Å². The number of methoxy groups -OCH3 is 1. The number of ether oxygens (including phenoxy) is 3. The van der Waals surface area contributed by atoms with Gasteiger partial charge in [-0.3, -0.25) is 4.79 Å². The molecule has 0 heterocycles. The highest BCUT2D eigenvalue weighted by molar-refractivity contribution is 5.77. The van der Waals surface area contributed by atoms with Gasteiger partial charge in [-0.25, -0.2) is 0 Å². The van der Waals surface area contributed by atoms with E-state index in [4.69, 9.17) is 14.2 Å². The number of amides is 1. The van der Waals surface area contributed by atoms with Gasteiger partial charge in [0.1, 0.15) is 18.1 Å². The second-order valence-electron chi connectivity index (χ2n) is 6.28. The normalized spacial score (nSPS) is 10.6. The van der Waals surface area contributed by atoms with Crippen LogP contribution in [0.25, 0.3) is 0 Å². The molecule has 0 unspecified atom stereocenters. The molecule has 0 saturated carbocycles. The lowest BCUT2D eigenvalue weighted by molar-refractivity contribution is -0.123. The summed E-state index contributed by atoms with van der Waals surface area (Å²) in [7, 11) is 1.64. The van der Waals surface area contributed by atoms with Gasteiger partial charge < -0.3 is 19.5 Å². The van der Waals surface area contributed by atoms with Crippen LogP contribution in [0, 0.1) is 0 Å². The Kier molecular flexibility index (Phi) is 7.96. The van der Waals surface area contributed by atoms with Gasteiger partial charge in [-0.05, 0) is 41.3 Å². The largest absolute Gasteiger partial charge is 0.491 e. The van der Waals surface area contributed by atoms with Crippen LogP contribution in [0.15, 0.2) is 48.5 Å². The zero-order valence-corrected chi connectivity index (χ0v) is 15.7. The highest BCUT2D eigenvalue weighted by Crippen LogP contribution is 2.20. The topological polar surface area (TPSA) is 56.8 Å². The van der Waals surface area contributed by atoms with Crippen molar-refractivity contribution in [2.75, 3.05) is 26.9 Å². The van der Waals surface area contributed by atoms with Crippen LogP contribution in [0.2, 0.25) is 0 Å². The molecule has 0 aliphatic heterocycles. The minimum Gasteiger partial charge on any atom is -0.491 e. The van der Waals surface area contributed by atoms with E-state index in [1.165, 1.54) is 5.56 Å². The van der Waals surface area contributed by atoms with E-state index in [1.54, 1.807) is 7.11 Å². The SMILES string of the molecule is COCCOc1ccc(CNC(=O)COc2cccc(C(C)C)c2)cc1. The second kappa shape index (κ2) is 10.5. The lowest BCUT2D eigenvalue weighted by Crippen LogP contribution is -2.28. The van der Waals surface area contributed by atoms with Crippen molar-refractivity contribution in [1.82, 2.24) is 5.32 Å². The van der Waals surface area contributed by atoms with E-state index in [9.17, 15) is 4.79 Å². The molecule has 0 fully saturated rings. The molecule has 0 atom stereocenters. The molecular formula is C21H27NO4. The summed E-state index contributed by atoms with van der Waals surface area (Å²) in [6.07, 6.45) is 0. The number of hydrogen-bond acceptors (Lipinski definition) is 4. The maximum atomic E-state index is 12.0. The highest BCUT2D eigenvalue weighted by Gasteiger charge is 2.05. The van der Waals surface area contributed by atoms with Crippen LogP contribution in [-0.4, -0.2) is 32.8 Å². The Hall–Kier alpha value is -2.53. The average Bonchev–Trinajstić information content (AvgIpc) is 2.66. The molecule has 0 saturated heterocycles. The van der Waals surface area contributed by atoms with E-state index >= 15 is 0 Å². The first kappa shape index (κ1) is 19.8. The van der Waals surface area contributed by atoms with Crippen LogP contribution in [0.4, 0.5) is 0 Å². The molecule has 0 spiro atoms. The van der Waals surface area contributed by atoms with Gasteiger partial charge in [0, 0.05) is 13.7 Å². The van der Waals surface area contributed by atoms with Crippen molar-refractivity contribution in [2.24, 2.45) is 0 Å². The van der Waals surface area contributed by atoms with Crippen molar-refractivity contribution in [3.8, 4) is 11.5 Å². The molecule has 0 bridgehead atoms. The minimum atomic E-state index is -0.152. The fraction of sp³-hybridized carbons (Fsp3) is 0.381. The first-order valence-corrected chi connectivity index (χ1v) is 8.78. The molecule has 2 rings (SSSR count). The van der Waals surface area contributed by atoms with E-state index in [0.29, 0.717) is 31.4 Å². The second-order valence-corrected chi connectivity index (χ2v) is 6.28. The maximum absolute atomic E-state index is 12.0. The van der Waals surface area contributed by atoms with Crippen LogP contribution in [0.1, 0.15) is 30.9 Å². The molecule has 1 amide bonds. The average molecular weight is 357 g/mol. The zero-order chi connectivity index (χ0) is 18.8. The highest BCUT2D eigenvalue weighted by atomic mass is 16.5. The van der Waals surface area contributed by atoms with Crippen LogP contribution in [0.3, 0.4) is 0 Å². The van der Waals surface area contributed by atoms with Gasteiger partial charge in [-0.15, -0.1) is 0 Å². The van der Waals surface area contributed by atoms with Gasteiger partial charge in [-0.2, -0.15) is 0 Å². The first-order valence-electron chi connectivity index (χ1n) is 8.78. The van der Waals surface area contributed by atoms with Crippen LogP contribution >= 0.6 is 0 Å². The fourth-order valence-corrected chi connectivity index (χ4v) is 2.31. The smallest absolute Gasteiger partial charge is 0.258 e. The third-order valence-electron chi connectivity index (χ3n) is 3.86.